The minimum Gasteiger partial charge on any atom is -0.388 e. The lowest BCUT2D eigenvalue weighted by molar-refractivity contribution is 0.0852. The maximum absolute atomic E-state index is 10.5. The lowest BCUT2D eigenvalue weighted by Crippen LogP contribution is -2.13. The van der Waals surface area contributed by atoms with E-state index in [1.165, 1.54) is 12.0 Å². The average Bonchev–Trinajstić information content (AvgIpc) is 2.56. The van der Waals surface area contributed by atoms with Crippen molar-refractivity contribution >= 4 is 0 Å². The van der Waals surface area contributed by atoms with Gasteiger partial charge in [-0.1, -0.05) is 24.3 Å². The highest BCUT2D eigenvalue weighted by Gasteiger charge is 2.25. The second-order valence-corrected chi connectivity index (χ2v) is 5.14. The fourth-order valence-electron chi connectivity index (χ4n) is 2.91. The Kier molecular flexibility index (Phi) is 5.21. The molecule has 100 valence electrons. The van der Waals surface area contributed by atoms with Gasteiger partial charge in [0.25, 0.3) is 0 Å². The first-order chi connectivity index (χ1) is 8.83. The highest BCUT2D eigenvalue weighted by Crippen LogP contribution is 2.35. The van der Waals surface area contributed by atoms with Gasteiger partial charge in [-0.2, -0.15) is 0 Å². The summed E-state index contributed by atoms with van der Waals surface area (Å²) >= 11 is 0. The Hall–Kier alpha value is -0.860. The summed E-state index contributed by atoms with van der Waals surface area (Å²) in [6.45, 7) is 3.63. The number of aryl methyl sites for hydroxylation is 1. The monoisotopic (exact) mass is 248 g/mol. The number of hydrogen-bond donors (Lipinski definition) is 1. The molecule has 2 nitrogen and oxygen atoms in total. The molecule has 0 bridgehead atoms. The van der Waals surface area contributed by atoms with Crippen LogP contribution < -0.4 is 0 Å². The number of aliphatic hydroxyl groups excluding tert-OH is 1. The zero-order valence-corrected chi connectivity index (χ0v) is 11.3. The molecular formula is C16H24O2. The smallest absolute Gasteiger partial charge is 0.0820 e. The van der Waals surface area contributed by atoms with Gasteiger partial charge in [0.1, 0.15) is 0 Å². The largest absolute Gasteiger partial charge is 0.388 e. The Morgan fingerprint density at radius 1 is 1.33 bits per heavy atom. The Morgan fingerprint density at radius 3 is 3.00 bits per heavy atom. The first-order valence-electron chi connectivity index (χ1n) is 7.16. The van der Waals surface area contributed by atoms with Crippen LogP contribution in [-0.2, 0) is 11.2 Å². The molecule has 0 radical (unpaired) electrons. The third kappa shape index (κ3) is 3.33. The van der Waals surface area contributed by atoms with Crippen molar-refractivity contribution in [1.29, 1.82) is 0 Å². The minimum absolute atomic E-state index is 0.287. The summed E-state index contributed by atoms with van der Waals surface area (Å²) in [6, 6.07) is 8.34. The van der Waals surface area contributed by atoms with Gasteiger partial charge in [-0.15, -0.1) is 0 Å². The van der Waals surface area contributed by atoms with Crippen molar-refractivity contribution in [2.75, 3.05) is 13.2 Å². The summed E-state index contributed by atoms with van der Waals surface area (Å²) in [7, 11) is 0. The summed E-state index contributed by atoms with van der Waals surface area (Å²) in [5.41, 5.74) is 2.48. The Labute approximate surface area is 110 Å². The second-order valence-electron chi connectivity index (χ2n) is 5.14. The van der Waals surface area contributed by atoms with E-state index in [9.17, 15) is 5.11 Å². The van der Waals surface area contributed by atoms with Crippen molar-refractivity contribution in [3.63, 3.8) is 0 Å². The van der Waals surface area contributed by atoms with Crippen LogP contribution in [0.25, 0.3) is 0 Å². The summed E-state index contributed by atoms with van der Waals surface area (Å²) in [5, 5.41) is 10.5. The Morgan fingerprint density at radius 2 is 2.17 bits per heavy atom. The third-order valence-electron chi connectivity index (χ3n) is 3.91. The Balaban J connectivity index is 1.97. The minimum atomic E-state index is -0.287. The third-order valence-corrected chi connectivity index (χ3v) is 3.91. The molecule has 1 aliphatic carbocycles. The predicted molar refractivity (Wildman–Crippen MR) is 73.6 cm³/mol. The number of hydrogen-bond acceptors (Lipinski definition) is 2. The van der Waals surface area contributed by atoms with Gasteiger partial charge in [0.15, 0.2) is 0 Å². The van der Waals surface area contributed by atoms with Gasteiger partial charge in [-0.05, 0) is 56.1 Å². The first-order valence-corrected chi connectivity index (χ1v) is 7.16. The molecule has 2 unspecified atom stereocenters. The molecule has 1 aromatic rings. The van der Waals surface area contributed by atoms with Gasteiger partial charge in [0, 0.05) is 13.2 Å². The predicted octanol–water partition coefficient (Wildman–Crippen LogP) is 3.49. The van der Waals surface area contributed by atoms with E-state index in [1.54, 1.807) is 0 Å². The molecule has 2 atom stereocenters. The molecule has 0 spiro atoms. The molecule has 18 heavy (non-hydrogen) atoms. The highest BCUT2D eigenvalue weighted by atomic mass is 16.5. The summed E-state index contributed by atoms with van der Waals surface area (Å²) in [4.78, 5) is 0. The Bertz CT molecular complexity index is 362. The zero-order valence-electron chi connectivity index (χ0n) is 11.3. The fourth-order valence-corrected chi connectivity index (χ4v) is 2.91. The van der Waals surface area contributed by atoms with Crippen molar-refractivity contribution in [1.82, 2.24) is 0 Å². The molecule has 1 N–H and O–H groups in total. The lowest BCUT2D eigenvalue weighted by atomic mass is 9.90. The highest BCUT2D eigenvalue weighted by molar-refractivity contribution is 5.30. The van der Waals surface area contributed by atoms with E-state index >= 15 is 0 Å². The summed E-state index contributed by atoms with van der Waals surface area (Å²) in [5.74, 6) is 0.397. The van der Waals surface area contributed by atoms with Crippen LogP contribution >= 0.6 is 0 Å². The van der Waals surface area contributed by atoms with Crippen LogP contribution in [0.1, 0.15) is 49.8 Å². The van der Waals surface area contributed by atoms with E-state index in [0.717, 1.165) is 44.5 Å². The maximum Gasteiger partial charge on any atom is 0.0820 e. The van der Waals surface area contributed by atoms with Crippen LogP contribution in [-0.4, -0.2) is 18.3 Å². The van der Waals surface area contributed by atoms with Crippen LogP contribution in [0.5, 0.6) is 0 Å². The second kappa shape index (κ2) is 6.91. The van der Waals surface area contributed by atoms with Crippen LogP contribution in [0, 0.1) is 5.92 Å². The molecule has 0 heterocycles. The number of fused-ring (bicyclic) bond motifs is 1. The molecule has 0 aromatic heterocycles. The molecule has 2 heteroatoms. The van der Waals surface area contributed by atoms with Crippen LogP contribution in [0.3, 0.4) is 0 Å². The standard InChI is InChI=1S/C16H24O2/c1-2-18-12-6-10-14-9-5-8-13-7-3-4-11-15(13)16(14)17/h3-4,7,11,14,16-17H,2,5-6,8-10,12H2,1H3. The number of benzene rings is 1. The van der Waals surface area contributed by atoms with E-state index in [2.05, 4.69) is 18.2 Å². The van der Waals surface area contributed by atoms with Crippen molar-refractivity contribution in [2.24, 2.45) is 5.92 Å². The maximum atomic E-state index is 10.5. The SMILES string of the molecule is CCOCCCC1CCCc2ccccc2C1O. The lowest BCUT2D eigenvalue weighted by Gasteiger charge is -2.21. The van der Waals surface area contributed by atoms with E-state index in [4.69, 9.17) is 4.74 Å². The van der Waals surface area contributed by atoms with Gasteiger partial charge >= 0.3 is 0 Å². The summed E-state index contributed by atoms with van der Waals surface area (Å²) < 4.78 is 5.38. The van der Waals surface area contributed by atoms with Crippen molar-refractivity contribution in [3.8, 4) is 0 Å². The van der Waals surface area contributed by atoms with E-state index in [-0.39, 0.29) is 6.10 Å². The molecule has 1 aliphatic rings. The topological polar surface area (TPSA) is 29.5 Å². The fraction of sp³-hybridized carbons (Fsp3) is 0.625. The van der Waals surface area contributed by atoms with Crippen LogP contribution in [0.4, 0.5) is 0 Å². The molecule has 0 saturated carbocycles. The number of ether oxygens (including phenoxy) is 1. The van der Waals surface area contributed by atoms with Crippen molar-refractivity contribution in [3.05, 3.63) is 35.4 Å². The molecule has 2 rings (SSSR count). The summed E-state index contributed by atoms with van der Waals surface area (Å²) in [6.07, 6.45) is 5.25. The molecule has 0 saturated heterocycles. The average molecular weight is 248 g/mol. The zero-order chi connectivity index (χ0) is 12.8. The van der Waals surface area contributed by atoms with Gasteiger partial charge in [-0.25, -0.2) is 0 Å². The number of aliphatic hydroxyl groups is 1. The van der Waals surface area contributed by atoms with Crippen LogP contribution in [0.15, 0.2) is 24.3 Å². The number of rotatable bonds is 5. The quantitative estimate of drug-likeness (QED) is 0.638. The van der Waals surface area contributed by atoms with Crippen LogP contribution in [0.2, 0.25) is 0 Å². The van der Waals surface area contributed by atoms with Gasteiger partial charge in [0.05, 0.1) is 6.10 Å². The van der Waals surface area contributed by atoms with Crippen molar-refractivity contribution in [2.45, 2.75) is 45.1 Å². The van der Waals surface area contributed by atoms with E-state index in [0.29, 0.717) is 5.92 Å². The van der Waals surface area contributed by atoms with Crippen molar-refractivity contribution < 1.29 is 9.84 Å². The molecular weight excluding hydrogens is 224 g/mol. The first kappa shape index (κ1) is 13.6. The van der Waals surface area contributed by atoms with Gasteiger partial charge < -0.3 is 9.84 Å². The van der Waals surface area contributed by atoms with Gasteiger partial charge in [0.2, 0.25) is 0 Å². The van der Waals surface area contributed by atoms with E-state index in [1.807, 2.05) is 13.0 Å². The van der Waals surface area contributed by atoms with E-state index < -0.39 is 0 Å². The molecule has 0 amide bonds. The normalized spacial score (nSPS) is 23.4. The molecule has 0 aliphatic heterocycles. The van der Waals surface area contributed by atoms with Gasteiger partial charge in [-0.3, -0.25) is 0 Å². The molecule has 0 fully saturated rings. The molecule has 1 aromatic carbocycles.